The molecule has 2 aliphatic rings. The summed E-state index contributed by atoms with van der Waals surface area (Å²) < 4.78 is 0. The summed E-state index contributed by atoms with van der Waals surface area (Å²) in [5.74, 6) is 1.71. The Hall–Kier alpha value is -0.0800. The first-order valence-electron chi connectivity index (χ1n) is 8.13. The van der Waals surface area contributed by atoms with Gasteiger partial charge in [-0.15, -0.1) is 0 Å². The molecule has 0 bridgehead atoms. The standard InChI is InChI=1S/C16H32N2/c1-4-5-13-6-9-15(17)16(10-13)18(11-12(2)3)14-7-8-14/h12-16H,4-11,17H2,1-3H3. The fourth-order valence-corrected chi connectivity index (χ4v) is 3.69. The van der Waals surface area contributed by atoms with Crippen molar-refractivity contribution < 1.29 is 0 Å². The Morgan fingerprint density at radius 3 is 2.44 bits per heavy atom. The zero-order valence-corrected chi connectivity index (χ0v) is 12.6. The van der Waals surface area contributed by atoms with Gasteiger partial charge in [0.2, 0.25) is 0 Å². The van der Waals surface area contributed by atoms with E-state index in [9.17, 15) is 0 Å². The molecule has 2 nitrogen and oxygen atoms in total. The third kappa shape index (κ3) is 3.71. The van der Waals surface area contributed by atoms with E-state index in [1.165, 1.54) is 51.5 Å². The second-order valence-electron chi connectivity index (χ2n) is 7.02. The molecule has 0 aliphatic heterocycles. The number of hydrogen-bond donors (Lipinski definition) is 1. The van der Waals surface area contributed by atoms with Crippen molar-refractivity contribution in [2.24, 2.45) is 17.6 Å². The maximum absolute atomic E-state index is 6.44. The Bertz CT molecular complexity index is 247. The third-order valence-corrected chi connectivity index (χ3v) is 4.69. The maximum atomic E-state index is 6.44. The van der Waals surface area contributed by atoms with E-state index in [1.54, 1.807) is 0 Å². The molecule has 2 rings (SSSR count). The van der Waals surface area contributed by atoms with Gasteiger partial charge in [0.05, 0.1) is 0 Å². The van der Waals surface area contributed by atoms with Crippen molar-refractivity contribution in [3.05, 3.63) is 0 Å². The van der Waals surface area contributed by atoms with E-state index in [-0.39, 0.29) is 0 Å². The van der Waals surface area contributed by atoms with Crippen LogP contribution in [0.2, 0.25) is 0 Å². The average Bonchev–Trinajstić information content (AvgIpc) is 3.13. The molecule has 0 radical (unpaired) electrons. The summed E-state index contributed by atoms with van der Waals surface area (Å²) >= 11 is 0. The van der Waals surface area contributed by atoms with E-state index < -0.39 is 0 Å². The molecule has 0 aromatic carbocycles. The smallest absolute Gasteiger partial charge is 0.0252 e. The number of hydrogen-bond acceptors (Lipinski definition) is 2. The second kappa shape index (κ2) is 6.38. The van der Waals surface area contributed by atoms with Gasteiger partial charge in [0.25, 0.3) is 0 Å². The predicted octanol–water partition coefficient (Wildman–Crippen LogP) is 3.40. The molecule has 2 fully saturated rings. The molecule has 2 heteroatoms. The Kier molecular flexibility index (Phi) is 5.08. The molecule has 0 amide bonds. The Morgan fingerprint density at radius 1 is 1.17 bits per heavy atom. The van der Waals surface area contributed by atoms with Crippen LogP contribution < -0.4 is 5.73 Å². The first-order chi connectivity index (χ1) is 8.61. The van der Waals surface area contributed by atoms with Crippen molar-refractivity contribution in [1.82, 2.24) is 4.90 Å². The van der Waals surface area contributed by atoms with Crippen LogP contribution in [0.1, 0.15) is 65.7 Å². The molecule has 2 N–H and O–H groups in total. The lowest BCUT2D eigenvalue weighted by Gasteiger charge is -2.42. The fourth-order valence-electron chi connectivity index (χ4n) is 3.69. The lowest BCUT2D eigenvalue weighted by Crippen LogP contribution is -2.53. The lowest BCUT2D eigenvalue weighted by atomic mass is 9.79. The Morgan fingerprint density at radius 2 is 1.89 bits per heavy atom. The molecule has 0 aromatic heterocycles. The molecule has 2 aliphatic carbocycles. The van der Waals surface area contributed by atoms with Crippen LogP contribution in [0, 0.1) is 11.8 Å². The first-order valence-corrected chi connectivity index (χ1v) is 8.13. The molecule has 3 atom stereocenters. The fraction of sp³-hybridized carbons (Fsp3) is 1.00. The van der Waals surface area contributed by atoms with Gasteiger partial charge in [-0.3, -0.25) is 4.90 Å². The summed E-state index contributed by atoms with van der Waals surface area (Å²) in [6.07, 6.45) is 9.53. The summed E-state index contributed by atoms with van der Waals surface area (Å²) in [4.78, 5) is 2.77. The second-order valence-corrected chi connectivity index (χ2v) is 7.02. The number of nitrogens with two attached hydrogens (primary N) is 1. The van der Waals surface area contributed by atoms with Crippen LogP contribution in [0.15, 0.2) is 0 Å². The summed E-state index contributed by atoms with van der Waals surface area (Å²) in [7, 11) is 0. The van der Waals surface area contributed by atoms with Crippen LogP contribution in [0.5, 0.6) is 0 Å². The molecule has 0 saturated heterocycles. The van der Waals surface area contributed by atoms with Crippen molar-refractivity contribution in [1.29, 1.82) is 0 Å². The molecular formula is C16H32N2. The topological polar surface area (TPSA) is 29.3 Å². The minimum Gasteiger partial charge on any atom is -0.326 e. The molecule has 0 spiro atoms. The molecule has 0 aromatic rings. The van der Waals surface area contributed by atoms with E-state index in [2.05, 4.69) is 25.7 Å². The van der Waals surface area contributed by atoms with Crippen molar-refractivity contribution in [3.63, 3.8) is 0 Å². The molecule has 18 heavy (non-hydrogen) atoms. The van der Waals surface area contributed by atoms with Crippen LogP contribution in [0.25, 0.3) is 0 Å². The quantitative estimate of drug-likeness (QED) is 0.785. The minimum absolute atomic E-state index is 0.428. The molecule has 106 valence electrons. The normalized spacial score (nSPS) is 33.3. The first kappa shape index (κ1) is 14.3. The largest absolute Gasteiger partial charge is 0.326 e. The van der Waals surface area contributed by atoms with E-state index in [0.717, 1.165) is 17.9 Å². The van der Waals surface area contributed by atoms with Gasteiger partial charge in [0, 0.05) is 24.7 Å². The summed E-state index contributed by atoms with van der Waals surface area (Å²) in [5.41, 5.74) is 6.44. The number of nitrogens with zero attached hydrogens (tertiary/aromatic N) is 1. The minimum atomic E-state index is 0.428. The highest BCUT2D eigenvalue weighted by molar-refractivity contribution is 4.96. The van der Waals surface area contributed by atoms with E-state index in [0.29, 0.717) is 12.1 Å². The summed E-state index contributed by atoms with van der Waals surface area (Å²) in [5, 5.41) is 0. The van der Waals surface area contributed by atoms with Crippen LogP contribution in [-0.4, -0.2) is 29.6 Å². The molecule has 0 heterocycles. The van der Waals surface area contributed by atoms with Gasteiger partial charge < -0.3 is 5.73 Å². The predicted molar refractivity (Wildman–Crippen MR) is 78.6 cm³/mol. The Labute approximate surface area is 113 Å². The monoisotopic (exact) mass is 252 g/mol. The van der Waals surface area contributed by atoms with Crippen LogP contribution in [0.4, 0.5) is 0 Å². The molecular weight excluding hydrogens is 220 g/mol. The van der Waals surface area contributed by atoms with Crippen LogP contribution >= 0.6 is 0 Å². The van der Waals surface area contributed by atoms with E-state index in [4.69, 9.17) is 5.73 Å². The highest BCUT2D eigenvalue weighted by Crippen LogP contribution is 2.36. The highest BCUT2D eigenvalue weighted by atomic mass is 15.2. The highest BCUT2D eigenvalue weighted by Gasteiger charge is 2.39. The van der Waals surface area contributed by atoms with Gasteiger partial charge in [0.1, 0.15) is 0 Å². The van der Waals surface area contributed by atoms with E-state index in [1.807, 2.05) is 0 Å². The zero-order chi connectivity index (χ0) is 13.1. The van der Waals surface area contributed by atoms with Gasteiger partial charge in [0.15, 0.2) is 0 Å². The van der Waals surface area contributed by atoms with Gasteiger partial charge in [-0.1, -0.05) is 33.6 Å². The summed E-state index contributed by atoms with van der Waals surface area (Å²) in [6.45, 7) is 8.25. The van der Waals surface area contributed by atoms with Crippen molar-refractivity contribution in [3.8, 4) is 0 Å². The van der Waals surface area contributed by atoms with Gasteiger partial charge in [-0.25, -0.2) is 0 Å². The molecule has 3 unspecified atom stereocenters. The average molecular weight is 252 g/mol. The van der Waals surface area contributed by atoms with E-state index >= 15 is 0 Å². The lowest BCUT2D eigenvalue weighted by molar-refractivity contribution is 0.0899. The zero-order valence-electron chi connectivity index (χ0n) is 12.6. The SMILES string of the molecule is CCCC1CCC(N)C(N(CC(C)C)C2CC2)C1. The van der Waals surface area contributed by atoms with Crippen molar-refractivity contribution in [2.75, 3.05) is 6.54 Å². The van der Waals surface area contributed by atoms with Crippen LogP contribution in [0.3, 0.4) is 0 Å². The molecule has 2 saturated carbocycles. The van der Waals surface area contributed by atoms with Crippen LogP contribution in [-0.2, 0) is 0 Å². The van der Waals surface area contributed by atoms with Gasteiger partial charge in [-0.05, 0) is 43.9 Å². The van der Waals surface area contributed by atoms with Gasteiger partial charge in [-0.2, -0.15) is 0 Å². The van der Waals surface area contributed by atoms with Crippen molar-refractivity contribution in [2.45, 2.75) is 83.8 Å². The Balaban J connectivity index is 1.97. The summed E-state index contributed by atoms with van der Waals surface area (Å²) in [6, 6.07) is 1.96. The third-order valence-electron chi connectivity index (χ3n) is 4.69. The van der Waals surface area contributed by atoms with Crippen molar-refractivity contribution >= 4 is 0 Å². The van der Waals surface area contributed by atoms with Gasteiger partial charge >= 0.3 is 0 Å². The number of rotatable bonds is 6. The maximum Gasteiger partial charge on any atom is 0.0252 e.